The van der Waals surface area contributed by atoms with Crippen LogP contribution in [0.2, 0.25) is 5.02 Å². The molecule has 144 valence electrons. The first kappa shape index (κ1) is 18.6. The van der Waals surface area contributed by atoms with Crippen LogP contribution in [0, 0.1) is 5.92 Å². The minimum Gasteiger partial charge on any atom is -0.355 e. The largest absolute Gasteiger partial charge is 0.355 e. The number of likely N-dealkylation sites (tertiary alicyclic amines) is 1. The molecule has 1 N–H and O–H groups in total. The van der Waals surface area contributed by atoms with Gasteiger partial charge in [-0.1, -0.05) is 22.8 Å². The molecule has 0 saturated carbocycles. The van der Waals surface area contributed by atoms with Crippen molar-refractivity contribution in [2.75, 3.05) is 18.4 Å². The second kappa shape index (κ2) is 8.12. The smallest absolute Gasteiger partial charge is 0.276 e. The SMILES string of the molecule is O=C(Nc1ccc(Cl)cn1)C1CCCN(C(=O)c2cc(-c3cccs3)on2)C1. The molecule has 7 nitrogen and oxygen atoms in total. The van der Waals surface area contributed by atoms with Crippen molar-refractivity contribution in [1.29, 1.82) is 0 Å². The van der Waals surface area contributed by atoms with Gasteiger partial charge in [0.1, 0.15) is 5.82 Å². The summed E-state index contributed by atoms with van der Waals surface area (Å²) in [6.45, 7) is 0.919. The molecule has 0 radical (unpaired) electrons. The Morgan fingerprint density at radius 1 is 1.32 bits per heavy atom. The molecule has 0 bridgehead atoms. The number of amides is 2. The van der Waals surface area contributed by atoms with Gasteiger partial charge in [-0.25, -0.2) is 4.98 Å². The lowest BCUT2D eigenvalue weighted by Crippen LogP contribution is -2.43. The average molecular weight is 417 g/mol. The fraction of sp³-hybridized carbons (Fsp3) is 0.263. The highest BCUT2D eigenvalue weighted by Crippen LogP contribution is 2.26. The van der Waals surface area contributed by atoms with Crippen LogP contribution in [0.3, 0.4) is 0 Å². The van der Waals surface area contributed by atoms with Crippen molar-refractivity contribution in [2.45, 2.75) is 12.8 Å². The van der Waals surface area contributed by atoms with E-state index in [9.17, 15) is 9.59 Å². The minimum absolute atomic E-state index is 0.160. The van der Waals surface area contributed by atoms with Crippen molar-refractivity contribution in [1.82, 2.24) is 15.0 Å². The van der Waals surface area contributed by atoms with Gasteiger partial charge in [0.15, 0.2) is 11.5 Å². The van der Waals surface area contributed by atoms with Crippen molar-refractivity contribution in [2.24, 2.45) is 5.92 Å². The molecule has 1 saturated heterocycles. The zero-order valence-corrected chi connectivity index (χ0v) is 16.4. The molecule has 28 heavy (non-hydrogen) atoms. The first-order valence-electron chi connectivity index (χ1n) is 8.82. The fourth-order valence-corrected chi connectivity index (χ4v) is 3.91. The van der Waals surface area contributed by atoms with E-state index in [-0.39, 0.29) is 23.4 Å². The predicted octanol–water partition coefficient (Wildman–Crippen LogP) is 3.94. The maximum absolute atomic E-state index is 12.8. The zero-order valence-electron chi connectivity index (χ0n) is 14.8. The Labute approximate surface area is 170 Å². The summed E-state index contributed by atoms with van der Waals surface area (Å²) >= 11 is 7.33. The molecule has 9 heteroatoms. The van der Waals surface area contributed by atoms with E-state index < -0.39 is 0 Å². The van der Waals surface area contributed by atoms with Crippen molar-refractivity contribution in [3.05, 3.63) is 52.6 Å². The summed E-state index contributed by atoms with van der Waals surface area (Å²) in [6, 6.07) is 8.78. The van der Waals surface area contributed by atoms with E-state index >= 15 is 0 Å². The molecule has 3 aromatic heterocycles. The van der Waals surface area contributed by atoms with E-state index in [1.165, 1.54) is 17.5 Å². The minimum atomic E-state index is -0.307. The molecular formula is C19H17ClN4O3S. The van der Waals surface area contributed by atoms with Gasteiger partial charge in [0.05, 0.1) is 15.8 Å². The Balaban J connectivity index is 1.41. The standard InChI is InChI=1S/C19H17ClN4O3S/c20-13-5-6-17(21-10-13)22-18(25)12-3-1-7-24(11-12)19(26)14-9-15(27-23-14)16-4-2-8-28-16/h2,4-6,8-10,12H,1,3,7,11H2,(H,21,22,25). The summed E-state index contributed by atoms with van der Waals surface area (Å²) in [4.78, 5) is 32.0. The molecule has 1 unspecified atom stereocenters. The maximum atomic E-state index is 12.8. The van der Waals surface area contributed by atoms with E-state index in [4.69, 9.17) is 16.1 Å². The normalized spacial score (nSPS) is 16.8. The molecule has 3 aromatic rings. The third-order valence-electron chi connectivity index (χ3n) is 4.55. The third-order valence-corrected chi connectivity index (χ3v) is 5.66. The number of hydrogen-bond donors (Lipinski definition) is 1. The van der Waals surface area contributed by atoms with Crippen LogP contribution < -0.4 is 5.32 Å². The number of thiophene rings is 1. The van der Waals surface area contributed by atoms with Gasteiger partial charge < -0.3 is 14.7 Å². The topological polar surface area (TPSA) is 88.3 Å². The molecule has 0 aliphatic carbocycles. The molecule has 0 spiro atoms. The van der Waals surface area contributed by atoms with E-state index in [2.05, 4.69) is 15.5 Å². The number of nitrogens with zero attached hydrogens (tertiary/aromatic N) is 3. The highest BCUT2D eigenvalue weighted by Gasteiger charge is 2.30. The number of piperidine rings is 1. The van der Waals surface area contributed by atoms with Gasteiger partial charge in [0.25, 0.3) is 5.91 Å². The molecule has 0 aromatic carbocycles. The number of halogens is 1. The molecule has 1 aliphatic rings. The highest BCUT2D eigenvalue weighted by molar-refractivity contribution is 7.13. The second-order valence-electron chi connectivity index (χ2n) is 6.49. The summed E-state index contributed by atoms with van der Waals surface area (Å²) in [7, 11) is 0. The molecular weight excluding hydrogens is 400 g/mol. The van der Waals surface area contributed by atoms with Crippen LogP contribution in [-0.4, -0.2) is 39.9 Å². The van der Waals surface area contributed by atoms with Crippen LogP contribution in [0.4, 0.5) is 5.82 Å². The van der Waals surface area contributed by atoms with E-state index in [1.54, 1.807) is 23.1 Å². The Hall–Kier alpha value is -2.71. The van der Waals surface area contributed by atoms with Crippen LogP contribution in [0.5, 0.6) is 0 Å². The van der Waals surface area contributed by atoms with Gasteiger partial charge >= 0.3 is 0 Å². The Morgan fingerprint density at radius 2 is 2.21 bits per heavy atom. The van der Waals surface area contributed by atoms with Crippen LogP contribution in [0.15, 0.2) is 46.4 Å². The van der Waals surface area contributed by atoms with Crippen molar-refractivity contribution >= 4 is 40.6 Å². The van der Waals surface area contributed by atoms with Crippen molar-refractivity contribution in [3.63, 3.8) is 0 Å². The van der Waals surface area contributed by atoms with Crippen LogP contribution in [-0.2, 0) is 4.79 Å². The Kier molecular flexibility index (Phi) is 5.40. The second-order valence-corrected chi connectivity index (χ2v) is 7.88. The first-order valence-corrected chi connectivity index (χ1v) is 10.1. The third kappa shape index (κ3) is 4.07. The molecule has 1 fully saturated rings. The van der Waals surface area contributed by atoms with Gasteiger partial charge in [0, 0.05) is 25.4 Å². The summed E-state index contributed by atoms with van der Waals surface area (Å²) in [5.74, 6) is 0.313. The Morgan fingerprint density at radius 3 is 2.96 bits per heavy atom. The summed E-state index contributed by atoms with van der Waals surface area (Å²) in [5, 5.41) is 9.13. The van der Waals surface area contributed by atoms with E-state index in [0.717, 1.165) is 11.3 Å². The molecule has 1 aliphatic heterocycles. The molecule has 1 atom stereocenters. The lowest BCUT2D eigenvalue weighted by atomic mass is 9.97. The number of rotatable bonds is 4. The number of carbonyl (C=O) groups excluding carboxylic acids is 2. The zero-order chi connectivity index (χ0) is 19.5. The lowest BCUT2D eigenvalue weighted by Gasteiger charge is -2.31. The van der Waals surface area contributed by atoms with Crippen molar-refractivity contribution in [3.8, 4) is 10.6 Å². The van der Waals surface area contributed by atoms with Crippen LogP contribution in [0.1, 0.15) is 23.3 Å². The number of hydrogen-bond acceptors (Lipinski definition) is 6. The van der Waals surface area contributed by atoms with Crippen molar-refractivity contribution < 1.29 is 14.1 Å². The summed E-state index contributed by atoms with van der Waals surface area (Å²) < 4.78 is 5.30. The van der Waals surface area contributed by atoms with E-state index in [1.807, 2.05) is 17.5 Å². The van der Waals surface area contributed by atoms with Gasteiger partial charge in [-0.2, -0.15) is 0 Å². The van der Waals surface area contributed by atoms with Gasteiger partial charge in [-0.3, -0.25) is 9.59 Å². The molecule has 4 rings (SSSR count). The number of carbonyl (C=O) groups is 2. The lowest BCUT2D eigenvalue weighted by molar-refractivity contribution is -0.121. The number of aromatic nitrogens is 2. The highest BCUT2D eigenvalue weighted by atomic mass is 35.5. The van der Waals surface area contributed by atoms with Gasteiger partial charge in [-0.15, -0.1) is 11.3 Å². The summed E-state index contributed by atoms with van der Waals surface area (Å²) in [5.41, 5.74) is 0.254. The Bertz CT molecular complexity index is 971. The van der Waals surface area contributed by atoms with E-state index in [0.29, 0.717) is 36.1 Å². The van der Waals surface area contributed by atoms with Gasteiger partial charge in [-0.05, 0) is 36.4 Å². The fourth-order valence-electron chi connectivity index (χ4n) is 3.13. The van der Waals surface area contributed by atoms with Crippen LogP contribution >= 0.6 is 22.9 Å². The number of pyridine rings is 1. The van der Waals surface area contributed by atoms with Gasteiger partial charge in [0.2, 0.25) is 5.91 Å². The maximum Gasteiger partial charge on any atom is 0.276 e. The van der Waals surface area contributed by atoms with Crippen LogP contribution in [0.25, 0.3) is 10.6 Å². The first-order chi connectivity index (χ1) is 13.6. The number of nitrogens with one attached hydrogen (secondary N) is 1. The average Bonchev–Trinajstić information content (AvgIpc) is 3.41. The molecule has 4 heterocycles. The number of anilines is 1. The predicted molar refractivity (Wildman–Crippen MR) is 106 cm³/mol. The monoisotopic (exact) mass is 416 g/mol. The summed E-state index contributed by atoms with van der Waals surface area (Å²) in [6.07, 6.45) is 2.93. The quantitative estimate of drug-likeness (QED) is 0.695. The molecule has 2 amide bonds.